The zero-order valence-corrected chi connectivity index (χ0v) is 21.2. The Morgan fingerprint density at radius 3 is 2.51 bits per heavy atom. The summed E-state index contributed by atoms with van der Waals surface area (Å²) in [7, 11) is 1.32. The summed E-state index contributed by atoms with van der Waals surface area (Å²) in [5.74, 6) is -3.81. The predicted molar refractivity (Wildman–Crippen MR) is 132 cm³/mol. The number of Topliss-reactive ketones (excluding diaryl/α,β-unsaturated/α-hetero) is 1. The summed E-state index contributed by atoms with van der Waals surface area (Å²) < 4.78 is 16.9. The van der Waals surface area contributed by atoms with Crippen LogP contribution in [0.3, 0.4) is 0 Å². The molecule has 0 spiro atoms. The molecule has 1 saturated heterocycles. The Bertz CT molecular complexity index is 1390. The lowest BCUT2D eigenvalue weighted by Crippen LogP contribution is -2.58. The number of aromatic hydroxyl groups is 2. The fourth-order valence-electron chi connectivity index (χ4n) is 5.72. The maximum atomic E-state index is 13.6. The van der Waals surface area contributed by atoms with E-state index >= 15 is 0 Å². The number of methoxy groups -OCH3 is 1. The first-order chi connectivity index (χ1) is 18.4. The number of rotatable bonds is 5. The predicted octanol–water partition coefficient (Wildman–Crippen LogP) is -0.346. The first kappa shape index (κ1) is 27.2. The topological polar surface area (TPSA) is 206 Å². The second kappa shape index (κ2) is 9.66. The lowest BCUT2D eigenvalue weighted by Gasteiger charge is -2.43. The van der Waals surface area contributed by atoms with Crippen molar-refractivity contribution < 1.29 is 54.1 Å². The zero-order valence-electron chi connectivity index (χ0n) is 21.2. The van der Waals surface area contributed by atoms with Gasteiger partial charge in [0.1, 0.15) is 29.5 Å². The van der Waals surface area contributed by atoms with E-state index in [1.165, 1.54) is 25.3 Å². The molecule has 0 aromatic heterocycles. The lowest BCUT2D eigenvalue weighted by molar-refractivity contribution is -0.176. The average Bonchev–Trinajstić information content (AvgIpc) is 2.92. The maximum Gasteiger partial charge on any atom is 0.202 e. The number of ether oxygens (including phenoxy) is 3. The van der Waals surface area contributed by atoms with Crippen LogP contribution in [0.15, 0.2) is 18.2 Å². The first-order valence-electron chi connectivity index (χ1n) is 12.4. The van der Waals surface area contributed by atoms with Gasteiger partial charge in [-0.2, -0.15) is 0 Å². The molecule has 12 nitrogen and oxygen atoms in total. The molecule has 5 unspecified atom stereocenters. The van der Waals surface area contributed by atoms with E-state index < -0.39 is 95.5 Å². The highest BCUT2D eigenvalue weighted by atomic mass is 16.6. The van der Waals surface area contributed by atoms with Gasteiger partial charge >= 0.3 is 0 Å². The van der Waals surface area contributed by atoms with Gasteiger partial charge in [0.25, 0.3) is 0 Å². The van der Waals surface area contributed by atoms with Crippen molar-refractivity contribution >= 4 is 17.3 Å². The van der Waals surface area contributed by atoms with Crippen LogP contribution in [0.4, 0.5) is 0 Å². The van der Waals surface area contributed by atoms with Crippen LogP contribution in [0.2, 0.25) is 0 Å². The zero-order chi connectivity index (χ0) is 28.4. The summed E-state index contributed by atoms with van der Waals surface area (Å²) in [5, 5.41) is 54.0. The van der Waals surface area contributed by atoms with Crippen molar-refractivity contribution in [2.75, 3.05) is 20.3 Å². The van der Waals surface area contributed by atoms with Gasteiger partial charge < -0.3 is 45.5 Å². The van der Waals surface area contributed by atoms with Gasteiger partial charge in [0.15, 0.2) is 11.6 Å². The molecule has 5 rings (SSSR count). The number of fused-ring (bicyclic) bond motifs is 3. The number of nitrogens with two attached hydrogens (primary N) is 1. The Labute approximate surface area is 222 Å². The van der Waals surface area contributed by atoms with Gasteiger partial charge in [-0.1, -0.05) is 12.1 Å². The van der Waals surface area contributed by atoms with E-state index in [0.717, 1.165) is 0 Å². The van der Waals surface area contributed by atoms with Gasteiger partial charge in [0.2, 0.25) is 5.78 Å². The van der Waals surface area contributed by atoms with Crippen LogP contribution in [0.5, 0.6) is 17.2 Å². The third kappa shape index (κ3) is 4.03. The lowest BCUT2D eigenvalue weighted by atomic mass is 9.71. The number of carbonyl (C=O) groups excluding carboxylic acids is 3. The Balaban J connectivity index is 1.70. The van der Waals surface area contributed by atoms with Crippen molar-refractivity contribution in [1.82, 2.24) is 0 Å². The molecule has 2 aromatic carbocycles. The van der Waals surface area contributed by atoms with Crippen molar-refractivity contribution in [2.24, 2.45) is 5.73 Å². The third-order valence-corrected chi connectivity index (χ3v) is 7.91. The number of aliphatic hydroxyl groups excluding tert-OH is 2. The first-order valence-corrected chi connectivity index (χ1v) is 12.4. The fourth-order valence-corrected chi connectivity index (χ4v) is 5.72. The van der Waals surface area contributed by atoms with E-state index in [1.807, 2.05) is 0 Å². The van der Waals surface area contributed by atoms with Crippen LogP contribution >= 0.6 is 0 Å². The number of ketones is 3. The van der Waals surface area contributed by atoms with E-state index in [0.29, 0.717) is 0 Å². The molecule has 3 aliphatic rings. The van der Waals surface area contributed by atoms with Crippen LogP contribution in [-0.2, 0) is 20.7 Å². The number of hydrogen-bond acceptors (Lipinski definition) is 12. The quantitative estimate of drug-likeness (QED) is 0.229. The van der Waals surface area contributed by atoms with Gasteiger partial charge in [-0.15, -0.1) is 0 Å². The number of carbonyl (C=O) groups is 3. The average molecular weight is 544 g/mol. The van der Waals surface area contributed by atoms with Gasteiger partial charge in [0, 0.05) is 29.5 Å². The van der Waals surface area contributed by atoms with Crippen molar-refractivity contribution in [3.05, 3.63) is 51.6 Å². The summed E-state index contributed by atoms with van der Waals surface area (Å²) in [6.45, 7) is 0.528. The molecule has 0 bridgehead atoms. The standard InChI is InChI=1S/C27H29NO11/c1-10-22(31)21(28)15(9-38-10)39-14-7-27(36,16(30)8-29)6-12-18(14)26(35)20-19(24(12)33)23(32)11-4-3-5-13(37-2)17(11)25(20)34/h3-5,10,14-15,21-22,29,31,33,35-36H,6-9,28H2,1-2H3/t10?,14-,15?,21?,22?,27?/m0/s1. The minimum atomic E-state index is -2.25. The molecule has 0 amide bonds. The molecule has 0 saturated carbocycles. The number of phenols is 2. The highest BCUT2D eigenvalue weighted by molar-refractivity contribution is 6.31. The Morgan fingerprint density at radius 1 is 1.15 bits per heavy atom. The number of hydrogen-bond donors (Lipinski definition) is 6. The van der Waals surface area contributed by atoms with E-state index in [2.05, 4.69) is 0 Å². The molecule has 1 fully saturated rings. The summed E-state index contributed by atoms with van der Waals surface area (Å²) in [6, 6.07) is 3.41. The molecule has 6 atom stereocenters. The molecule has 0 radical (unpaired) electrons. The van der Waals surface area contributed by atoms with E-state index in [4.69, 9.17) is 19.9 Å². The summed E-state index contributed by atoms with van der Waals surface area (Å²) in [5.41, 5.74) is 2.48. The minimum Gasteiger partial charge on any atom is -0.507 e. The van der Waals surface area contributed by atoms with Crippen molar-refractivity contribution in [3.63, 3.8) is 0 Å². The van der Waals surface area contributed by atoms with E-state index in [1.54, 1.807) is 6.92 Å². The van der Waals surface area contributed by atoms with Gasteiger partial charge in [0.05, 0.1) is 60.9 Å². The molecular formula is C27H29NO11. The molecule has 1 heterocycles. The monoisotopic (exact) mass is 543 g/mol. The van der Waals surface area contributed by atoms with E-state index in [9.17, 15) is 39.9 Å². The molecule has 2 aromatic rings. The van der Waals surface area contributed by atoms with Crippen LogP contribution < -0.4 is 10.5 Å². The van der Waals surface area contributed by atoms with Crippen LogP contribution in [0.1, 0.15) is 62.4 Å². The summed E-state index contributed by atoms with van der Waals surface area (Å²) >= 11 is 0. The van der Waals surface area contributed by atoms with E-state index in [-0.39, 0.29) is 34.6 Å². The SMILES string of the molecule is COc1cccc2c1C(=O)c1c(O)c3c(c(O)c1C2=O)CC(O)(C(=O)CO)C[C@@H]3OC1COC(C)C(O)C1N. The second-order valence-corrected chi connectivity index (χ2v) is 10.1. The summed E-state index contributed by atoms with van der Waals surface area (Å²) in [6.07, 6.45) is -5.09. The molecular weight excluding hydrogens is 514 g/mol. The Hall–Kier alpha value is -3.39. The molecule has 39 heavy (non-hydrogen) atoms. The van der Waals surface area contributed by atoms with Crippen molar-refractivity contribution in [1.29, 1.82) is 0 Å². The minimum absolute atomic E-state index is 0.0553. The Kier molecular flexibility index (Phi) is 6.74. The molecule has 7 N–H and O–H groups in total. The smallest absolute Gasteiger partial charge is 0.202 e. The number of benzene rings is 2. The normalized spacial score (nSPS) is 29.8. The maximum absolute atomic E-state index is 13.6. The molecule has 12 heteroatoms. The molecule has 2 aliphatic carbocycles. The van der Waals surface area contributed by atoms with Crippen molar-refractivity contribution in [2.45, 2.75) is 55.8 Å². The van der Waals surface area contributed by atoms with Crippen LogP contribution in [0, 0.1) is 0 Å². The Morgan fingerprint density at radius 2 is 1.85 bits per heavy atom. The third-order valence-electron chi connectivity index (χ3n) is 7.91. The van der Waals surface area contributed by atoms with Gasteiger partial charge in [-0.3, -0.25) is 14.4 Å². The largest absolute Gasteiger partial charge is 0.507 e. The van der Waals surface area contributed by atoms with Crippen molar-refractivity contribution in [3.8, 4) is 17.2 Å². The van der Waals surface area contributed by atoms with Crippen LogP contribution in [-0.4, -0.2) is 93.2 Å². The van der Waals surface area contributed by atoms with Crippen LogP contribution in [0.25, 0.3) is 0 Å². The summed E-state index contributed by atoms with van der Waals surface area (Å²) in [4.78, 5) is 39.8. The molecule has 208 valence electrons. The number of phenolic OH excluding ortho intramolecular Hbond substituents is 2. The second-order valence-electron chi connectivity index (χ2n) is 10.1. The highest BCUT2D eigenvalue weighted by Gasteiger charge is 2.50. The fraction of sp³-hybridized carbons (Fsp3) is 0.444. The highest BCUT2D eigenvalue weighted by Crippen LogP contribution is 2.52. The van der Waals surface area contributed by atoms with Gasteiger partial charge in [-0.05, 0) is 13.0 Å². The number of aliphatic hydroxyl groups is 3. The molecule has 1 aliphatic heterocycles. The van der Waals surface area contributed by atoms with Gasteiger partial charge in [-0.25, -0.2) is 0 Å².